The Morgan fingerprint density at radius 3 is 2.42 bits per heavy atom. The lowest BCUT2D eigenvalue weighted by molar-refractivity contribution is 0.0600. The van der Waals surface area contributed by atoms with Gasteiger partial charge in [0.05, 0.1) is 22.6 Å². The van der Waals surface area contributed by atoms with Crippen molar-refractivity contribution in [1.82, 2.24) is 4.72 Å². The van der Waals surface area contributed by atoms with Crippen molar-refractivity contribution in [2.24, 2.45) is 0 Å². The van der Waals surface area contributed by atoms with E-state index in [4.69, 9.17) is 11.6 Å². The summed E-state index contributed by atoms with van der Waals surface area (Å²) in [7, 11) is -2.63. The molecule has 0 fully saturated rings. The van der Waals surface area contributed by atoms with E-state index in [0.29, 0.717) is 6.42 Å². The molecular weight excluding hydrogens is 374 g/mol. The minimum absolute atomic E-state index is 0.0104. The summed E-state index contributed by atoms with van der Waals surface area (Å²) in [5.74, 6) is -0.687. The van der Waals surface area contributed by atoms with E-state index in [1.54, 1.807) is 0 Å². The molecule has 0 bridgehead atoms. The first-order valence-electron chi connectivity index (χ1n) is 8.17. The van der Waals surface area contributed by atoms with E-state index in [2.05, 4.69) is 9.46 Å². The number of esters is 1. The van der Waals surface area contributed by atoms with Crippen LogP contribution >= 0.6 is 11.6 Å². The summed E-state index contributed by atoms with van der Waals surface area (Å²) in [4.78, 5) is 11.7. The molecule has 0 aromatic heterocycles. The summed E-state index contributed by atoms with van der Waals surface area (Å²) in [6.07, 6.45) is 0.583. The molecule has 140 valence electrons. The molecule has 0 radical (unpaired) electrons. The maximum absolute atomic E-state index is 12.8. The van der Waals surface area contributed by atoms with Gasteiger partial charge in [0.1, 0.15) is 0 Å². The number of aryl methyl sites for hydroxylation is 2. The number of hydrogen-bond acceptors (Lipinski definition) is 4. The molecule has 1 N–H and O–H groups in total. The summed E-state index contributed by atoms with van der Waals surface area (Å²) in [5, 5.41) is 0.136. The van der Waals surface area contributed by atoms with Crippen LogP contribution in [0.25, 0.3) is 0 Å². The molecule has 26 heavy (non-hydrogen) atoms. The van der Waals surface area contributed by atoms with E-state index >= 15 is 0 Å². The van der Waals surface area contributed by atoms with Crippen molar-refractivity contribution in [1.29, 1.82) is 0 Å². The predicted molar refractivity (Wildman–Crippen MR) is 102 cm³/mol. The van der Waals surface area contributed by atoms with Gasteiger partial charge in [-0.25, -0.2) is 17.9 Å². The van der Waals surface area contributed by atoms with Crippen molar-refractivity contribution in [3.63, 3.8) is 0 Å². The zero-order valence-corrected chi connectivity index (χ0v) is 16.7. The maximum Gasteiger partial charge on any atom is 0.339 e. The highest BCUT2D eigenvalue weighted by Crippen LogP contribution is 2.25. The normalized spacial score (nSPS) is 12.7. The van der Waals surface area contributed by atoms with E-state index < -0.39 is 16.0 Å². The maximum atomic E-state index is 12.8. The Bertz CT molecular complexity index is 925. The number of benzene rings is 2. The number of hydrogen-bond donors (Lipinski definition) is 1. The minimum atomic E-state index is -3.84. The molecule has 1 atom stereocenters. The molecule has 0 spiro atoms. The monoisotopic (exact) mass is 395 g/mol. The second-order valence-corrected chi connectivity index (χ2v) is 8.18. The highest BCUT2D eigenvalue weighted by atomic mass is 35.5. The van der Waals surface area contributed by atoms with Gasteiger partial charge in [-0.05, 0) is 55.2 Å². The summed E-state index contributed by atoms with van der Waals surface area (Å²) in [6.45, 7) is 5.90. The van der Waals surface area contributed by atoms with Crippen molar-refractivity contribution in [2.75, 3.05) is 7.11 Å². The number of sulfonamides is 1. The largest absolute Gasteiger partial charge is 0.465 e. The van der Waals surface area contributed by atoms with Gasteiger partial charge in [0.25, 0.3) is 0 Å². The molecule has 5 nitrogen and oxygen atoms in total. The van der Waals surface area contributed by atoms with Crippen LogP contribution in [0.15, 0.2) is 41.3 Å². The Hall–Kier alpha value is -1.89. The second kappa shape index (κ2) is 8.20. The van der Waals surface area contributed by atoms with Gasteiger partial charge in [-0.1, -0.05) is 36.7 Å². The molecule has 0 amide bonds. The fourth-order valence-electron chi connectivity index (χ4n) is 2.56. The molecule has 0 saturated carbocycles. The van der Waals surface area contributed by atoms with E-state index in [-0.39, 0.29) is 21.5 Å². The lowest BCUT2D eigenvalue weighted by Gasteiger charge is -2.19. The fourth-order valence-corrected chi connectivity index (χ4v) is 4.09. The van der Waals surface area contributed by atoms with Crippen LogP contribution in [0.3, 0.4) is 0 Å². The molecule has 0 aliphatic carbocycles. The van der Waals surface area contributed by atoms with Crippen LogP contribution in [0.5, 0.6) is 0 Å². The van der Waals surface area contributed by atoms with Crippen molar-refractivity contribution < 1.29 is 17.9 Å². The van der Waals surface area contributed by atoms with Gasteiger partial charge in [0, 0.05) is 6.04 Å². The second-order valence-electron chi connectivity index (χ2n) is 6.06. The van der Waals surface area contributed by atoms with Crippen molar-refractivity contribution in [3.05, 3.63) is 63.7 Å². The van der Waals surface area contributed by atoms with Gasteiger partial charge < -0.3 is 4.74 Å². The molecule has 0 saturated heterocycles. The first-order chi connectivity index (χ1) is 12.2. The molecule has 2 rings (SSSR count). The molecular formula is C19H22ClNO4S. The van der Waals surface area contributed by atoms with Crippen LogP contribution in [-0.2, 0) is 14.8 Å². The van der Waals surface area contributed by atoms with Crippen LogP contribution in [0.1, 0.15) is 46.4 Å². The highest BCUT2D eigenvalue weighted by Gasteiger charge is 2.23. The van der Waals surface area contributed by atoms with Crippen molar-refractivity contribution in [2.45, 2.75) is 38.1 Å². The highest BCUT2D eigenvalue weighted by molar-refractivity contribution is 7.89. The Morgan fingerprint density at radius 2 is 1.85 bits per heavy atom. The molecule has 0 heterocycles. The van der Waals surface area contributed by atoms with E-state index in [1.807, 2.05) is 39.0 Å². The van der Waals surface area contributed by atoms with Crippen LogP contribution in [0.4, 0.5) is 0 Å². The van der Waals surface area contributed by atoms with Crippen LogP contribution in [0, 0.1) is 13.8 Å². The predicted octanol–water partition coefficient (Wildman–Crippen LogP) is 4.17. The quantitative estimate of drug-likeness (QED) is 0.745. The third-order valence-corrected chi connectivity index (χ3v) is 6.09. The van der Waals surface area contributed by atoms with Gasteiger partial charge in [-0.2, -0.15) is 0 Å². The number of rotatable bonds is 6. The minimum Gasteiger partial charge on any atom is -0.465 e. The zero-order chi connectivity index (χ0) is 19.5. The summed E-state index contributed by atoms with van der Waals surface area (Å²) < 4.78 is 32.9. The third-order valence-electron chi connectivity index (χ3n) is 4.29. The number of ether oxygens (including phenoxy) is 1. The SMILES string of the molecule is CCC(NS(=O)(=O)c1ccc(Cl)c(C(=O)OC)c1)c1ccc(C)c(C)c1. The molecule has 0 aliphatic heterocycles. The zero-order valence-electron chi connectivity index (χ0n) is 15.2. The lowest BCUT2D eigenvalue weighted by Crippen LogP contribution is -2.28. The third kappa shape index (κ3) is 4.44. The smallest absolute Gasteiger partial charge is 0.339 e. The number of carbonyl (C=O) groups excluding carboxylic acids is 1. The first kappa shape index (κ1) is 20.4. The standard InChI is InChI=1S/C19H22ClNO4S/c1-5-18(14-7-6-12(2)13(3)10-14)21-26(23,24)15-8-9-17(20)16(11-15)19(22)25-4/h6-11,18,21H,5H2,1-4H3. The van der Waals surface area contributed by atoms with E-state index in [0.717, 1.165) is 16.7 Å². The van der Waals surface area contributed by atoms with E-state index in [9.17, 15) is 13.2 Å². The average Bonchev–Trinajstić information content (AvgIpc) is 2.61. The summed E-state index contributed by atoms with van der Waals surface area (Å²) in [6, 6.07) is 9.46. The van der Waals surface area contributed by atoms with Gasteiger partial charge in [0.15, 0.2) is 0 Å². The first-order valence-corrected chi connectivity index (χ1v) is 10.0. The number of nitrogens with one attached hydrogen (secondary N) is 1. The van der Waals surface area contributed by atoms with E-state index in [1.165, 1.54) is 25.3 Å². The fraction of sp³-hybridized carbons (Fsp3) is 0.316. The lowest BCUT2D eigenvalue weighted by atomic mass is 10.0. The van der Waals surface area contributed by atoms with Gasteiger partial charge in [-0.15, -0.1) is 0 Å². The Kier molecular flexibility index (Phi) is 6.44. The van der Waals surface area contributed by atoms with Gasteiger partial charge in [-0.3, -0.25) is 0 Å². The van der Waals surface area contributed by atoms with Crippen LogP contribution in [-0.4, -0.2) is 21.5 Å². The van der Waals surface area contributed by atoms with Gasteiger partial charge in [0.2, 0.25) is 10.0 Å². The van der Waals surface area contributed by atoms with Crippen molar-refractivity contribution >= 4 is 27.6 Å². The summed E-state index contributed by atoms with van der Waals surface area (Å²) in [5.41, 5.74) is 3.14. The van der Waals surface area contributed by atoms with Crippen LogP contribution in [0.2, 0.25) is 5.02 Å². The average molecular weight is 396 g/mol. The van der Waals surface area contributed by atoms with Crippen molar-refractivity contribution in [3.8, 4) is 0 Å². The van der Waals surface area contributed by atoms with Crippen LogP contribution < -0.4 is 4.72 Å². The molecule has 2 aromatic rings. The molecule has 0 aliphatic rings. The number of methoxy groups -OCH3 is 1. The topological polar surface area (TPSA) is 72.5 Å². The Balaban J connectivity index is 2.37. The Labute approximate surface area is 159 Å². The number of carbonyl (C=O) groups is 1. The Morgan fingerprint density at radius 1 is 1.15 bits per heavy atom. The summed E-state index contributed by atoms with van der Waals surface area (Å²) >= 11 is 5.96. The molecule has 1 unspecified atom stereocenters. The molecule has 7 heteroatoms. The molecule has 2 aromatic carbocycles. The number of halogens is 1. The van der Waals surface area contributed by atoms with Gasteiger partial charge >= 0.3 is 5.97 Å².